The van der Waals surface area contributed by atoms with Crippen LogP contribution in [0, 0.1) is 0 Å². The minimum Gasteiger partial charge on any atom is -0.494 e. The lowest BCUT2D eigenvalue weighted by Gasteiger charge is -2.12. The van der Waals surface area contributed by atoms with Crippen molar-refractivity contribution in [2.24, 2.45) is 4.99 Å². The van der Waals surface area contributed by atoms with Crippen LogP contribution in [-0.4, -0.2) is 39.5 Å². The van der Waals surface area contributed by atoms with Crippen molar-refractivity contribution in [2.75, 3.05) is 33.5 Å². The number of fused-ring (bicyclic) bond motifs is 1. The average Bonchev–Trinajstić information content (AvgIpc) is 3.15. The Labute approximate surface area is 177 Å². The number of guanidine groups is 1. The van der Waals surface area contributed by atoms with E-state index in [9.17, 15) is 0 Å². The van der Waals surface area contributed by atoms with Crippen LogP contribution in [0.2, 0.25) is 0 Å². The van der Waals surface area contributed by atoms with Crippen molar-refractivity contribution in [3.05, 3.63) is 54.1 Å². The third-order valence-corrected chi connectivity index (χ3v) is 3.99. The molecule has 0 atom stereocenters. The zero-order valence-corrected chi connectivity index (χ0v) is 17.8. The Morgan fingerprint density at radius 2 is 1.81 bits per heavy atom. The summed E-state index contributed by atoms with van der Waals surface area (Å²) in [4.78, 5) is 4.24. The molecule has 2 aromatic rings. The molecular weight excluding hydrogens is 457 g/mol. The van der Waals surface area contributed by atoms with Gasteiger partial charge in [0.2, 0.25) is 6.79 Å². The van der Waals surface area contributed by atoms with Crippen molar-refractivity contribution in [2.45, 2.75) is 12.8 Å². The first-order chi connectivity index (χ1) is 12.8. The summed E-state index contributed by atoms with van der Waals surface area (Å²) >= 11 is 0. The Kier molecular flexibility index (Phi) is 9.03. The predicted octanol–water partition coefficient (Wildman–Crippen LogP) is 3.21. The second-order valence-electron chi connectivity index (χ2n) is 5.88. The van der Waals surface area contributed by atoms with Gasteiger partial charge in [0.1, 0.15) is 5.75 Å². The zero-order chi connectivity index (χ0) is 18.0. The molecule has 0 fully saturated rings. The summed E-state index contributed by atoms with van der Waals surface area (Å²) in [5.74, 6) is 3.34. The van der Waals surface area contributed by atoms with E-state index in [2.05, 4.69) is 21.7 Å². The number of hydrogen-bond acceptors (Lipinski definition) is 4. The maximum atomic E-state index is 5.67. The van der Waals surface area contributed by atoms with Gasteiger partial charge in [-0.05, 0) is 42.7 Å². The molecular formula is C20H26IN3O3. The van der Waals surface area contributed by atoms with Crippen molar-refractivity contribution in [3.63, 3.8) is 0 Å². The average molecular weight is 483 g/mol. The Hall–Kier alpha value is -2.16. The van der Waals surface area contributed by atoms with Gasteiger partial charge in [0.25, 0.3) is 0 Å². The highest BCUT2D eigenvalue weighted by Crippen LogP contribution is 2.32. The van der Waals surface area contributed by atoms with Gasteiger partial charge in [0.15, 0.2) is 17.5 Å². The third kappa shape index (κ3) is 6.82. The van der Waals surface area contributed by atoms with Crippen molar-refractivity contribution in [3.8, 4) is 17.2 Å². The van der Waals surface area contributed by atoms with E-state index < -0.39 is 0 Å². The normalized spacial score (nSPS) is 12.3. The standard InChI is InChI=1S/C20H25N3O3.HI/c1-21-20(22-11-5-13-24-17-6-3-2-4-7-17)23-12-10-16-8-9-18-19(14-16)26-15-25-18;/h2-4,6-9,14H,5,10-13,15H2,1H3,(H2,21,22,23);1H. The van der Waals surface area contributed by atoms with Crippen LogP contribution in [0.1, 0.15) is 12.0 Å². The fraction of sp³-hybridized carbons (Fsp3) is 0.350. The molecule has 0 saturated carbocycles. The fourth-order valence-electron chi connectivity index (χ4n) is 2.63. The second-order valence-corrected chi connectivity index (χ2v) is 5.88. The van der Waals surface area contributed by atoms with Gasteiger partial charge in [0, 0.05) is 20.1 Å². The summed E-state index contributed by atoms with van der Waals surface area (Å²) in [7, 11) is 1.77. The van der Waals surface area contributed by atoms with Gasteiger partial charge in [0.05, 0.1) is 6.61 Å². The highest BCUT2D eigenvalue weighted by molar-refractivity contribution is 14.0. The minimum absolute atomic E-state index is 0. The Morgan fingerprint density at radius 1 is 1.04 bits per heavy atom. The molecule has 0 bridgehead atoms. The van der Waals surface area contributed by atoms with E-state index in [0.717, 1.165) is 49.1 Å². The van der Waals surface area contributed by atoms with Crippen LogP contribution in [0.5, 0.6) is 17.2 Å². The summed E-state index contributed by atoms with van der Waals surface area (Å²) in [5, 5.41) is 6.62. The maximum Gasteiger partial charge on any atom is 0.231 e. The lowest BCUT2D eigenvalue weighted by Crippen LogP contribution is -2.39. The molecule has 0 saturated heterocycles. The molecule has 6 nitrogen and oxygen atoms in total. The highest BCUT2D eigenvalue weighted by atomic mass is 127. The largest absolute Gasteiger partial charge is 0.494 e. The fourth-order valence-corrected chi connectivity index (χ4v) is 2.63. The van der Waals surface area contributed by atoms with Gasteiger partial charge < -0.3 is 24.8 Å². The topological polar surface area (TPSA) is 64.1 Å². The molecule has 7 heteroatoms. The molecule has 0 spiro atoms. The molecule has 2 N–H and O–H groups in total. The number of rotatable bonds is 8. The lowest BCUT2D eigenvalue weighted by molar-refractivity contribution is 0.174. The van der Waals surface area contributed by atoms with Gasteiger partial charge in [-0.1, -0.05) is 24.3 Å². The molecule has 146 valence electrons. The quantitative estimate of drug-likeness (QED) is 0.261. The molecule has 0 aliphatic carbocycles. The highest BCUT2D eigenvalue weighted by Gasteiger charge is 2.12. The molecule has 27 heavy (non-hydrogen) atoms. The Balaban J connectivity index is 0.00000261. The summed E-state index contributed by atoms with van der Waals surface area (Å²) in [6.07, 6.45) is 1.78. The first-order valence-corrected chi connectivity index (χ1v) is 8.86. The number of nitrogens with zero attached hydrogens (tertiary/aromatic N) is 1. The van der Waals surface area contributed by atoms with Gasteiger partial charge in [-0.3, -0.25) is 4.99 Å². The summed E-state index contributed by atoms with van der Waals surface area (Å²) in [5.41, 5.74) is 1.20. The number of halogens is 1. The van der Waals surface area contributed by atoms with Gasteiger partial charge >= 0.3 is 0 Å². The summed E-state index contributed by atoms with van der Waals surface area (Å²) in [6.45, 7) is 2.57. The van der Waals surface area contributed by atoms with Crippen molar-refractivity contribution < 1.29 is 14.2 Å². The summed E-state index contributed by atoms with van der Waals surface area (Å²) < 4.78 is 16.4. The van der Waals surface area contributed by atoms with E-state index in [1.807, 2.05) is 42.5 Å². The van der Waals surface area contributed by atoms with Crippen LogP contribution in [-0.2, 0) is 6.42 Å². The summed E-state index contributed by atoms with van der Waals surface area (Å²) in [6, 6.07) is 15.9. The number of ether oxygens (including phenoxy) is 3. The molecule has 0 amide bonds. The Morgan fingerprint density at radius 3 is 2.63 bits per heavy atom. The minimum atomic E-state index is 0. The molecule has 1 aliphatic heterocycles. The van der Waals surface area contributed by atoms with Gasteiger partial charge in [-0.25, -0.2) is 0 Å². The zero-order valence-electron chi connectivity index (χ0n) is 15.4. The number of para-hydroxylation sites is 1. The molecule has 0 radical (unpaired) electrons. The molecule has 0 unspecified atom stereocenters. The Bertz CT molecular complexity index is 726. The van der Waals surface area contributed by atoms with Crippen molar-refractivity contribution in [1.29, 1.82) is 0 Å². The third-order valence-electron chi connectivity index (χ3n) is 3.99. The van der Waals surface area contributed by atoms with Crippen LogP contribution in [0.15, 0.2) is 53.5 Å². The first-order valence-electron chi connectivity index (χ1n) is 8.86. The van der Waals surface area contributed by atoms with Crippen molar-refractivity contribution in [1.82, 2.24) is 10.6 Å². The number of aliphatic imine (C=N–C) groups is 1. The number of benzene rings is 2. The smallest absolute Gasteiger partial charge is 0.231 e. The molecule has 3 rings (SSSR count). The van der Waals surface area contributed by atoms with Crippen LogP contribution in [0.4, 0.5) is 0 Å². The van der Waals surface area contributed by atoms with E-state index >= 15 is 0 Å². The molecule has 0 aromatic heterocycles. The number of nitrogens with one attached hydrogen (secondary N) is 2. The van der Waals surface area contributed by atoms with Crippen LogP contribution in [0.25, 0.3) is 0 Å². The predicted molar refractivity (Wildman–Crippen MR) is 118 cm³/mol. The van der Waals surface area contributed by atoms with Crippen molar-refractivity contribution >= 4 is 29.9 Å². The SMILES string of the molecule is CN=C(NCCCOc1ccccc1)NCCc1ccc2c(c1)OCO2.I. The van der Waals surface area contributed by atoms with Crippen LogP contribution in [0.3, 0.4) is 0 Å². The molecule has 1 aliphatic rings. The second kappa shape index (κ2) is 11.5. The number of hydrogen-bond donors (Lipinski definition) is 2. The van der Waals surface area contributed by atoms with E-state index in [1.165, 1.54) is 5.56 Å². The lowest BCUT2D eigenvalue weighted by atomic mass is 10.1. The molecule has 1 heterocycles. The first kappa shape index (κ1) is 21.1. The molecule has 2 aromatic carbocycles. The van der Waals surface area contributed by atoms with Crippen LogP contribution >= 0.6 is 24.0 Å². The van der Waals surface area contributed by atoms with E-state index in [4.69, 9.17) is 14.2 Å². The van der Waals surface area contributed by atoms with Gasteiger partial charge in [-0.2, -0.15) is 0 Å². The maximum absolute atomic E-state index is 5.67. The van der Waals surface area contributed by atoms with Crippen LogP contribution < -0.4 is 24.8 Å². The van der Waals surface area contributed by atoms with E-state index in [1.54, 1.807) is 7.05 Å². The van der Waals surface area contributed by atoms with Gasteiger partial charge in [-0.15, -0.1) is 24.0 Å². The monoisotopic (exact) mass is 483 g/mol. The van der Waals surface area contributed by atoms with E-state index in [0.29, 0.717) is 13.4 Å². The van der Waals surface area contributed by atoms with E-state index in [-0.39, 0.29) is 24.0 Å².